The molecule has 0 bridgehead atoms. The Morgan fingerprint density at radius 3 is 2.50 bits per heavy atom. The fourth-order valence-corrected chi connectivity index (χ4v) is 2.49. The van der Waals surface area contributed by atoms with Crippen LogP contribution < -0.4 is 0 Å². The van der Waals surface area contributed by atoms with Crippen LogP contribution in [0.5, 0.6) is 0 Å². The Labute approximate surface area is 70.3 Å². The molecule has 0 aromatic heterocycles. The molecule has 0 amide bonds. The normalized spacial score (nSPS) is 11.5. The summed E-state index contributed by atoms with van der Waals surface area (Å²) in [5.41, 5.74) is 0.893. The van der Waals surface area contributed by atoms with Crippen molar-refractivity contribution < 1.29 is 0 Å². The molecule has 0 rings (SSSR count). The Balaban J connectivity index is 3.36. The van der Waals surface area contributed by atoms with Crippen LogP contribution in [0.15, 0.2) is 12.7 Å². The van der Waals surface area contributed by atoms with Crippen molar-refractivity contribution in [3.63, 3.8) is 0 Å². The summed E-state index contributed by atoms with van der Waals surface area (Å²) in [6, 6.07) is 1.34. The summed E-state index contributed by atoms with van der Waals surface area (Å²) in [4.78, 5) is 0. The number of hydrogen-bond acceptors (Lipinski definition) is 0. The fourth-order valence-electron chi connectivity index (χ4n) is 0.792. The van der Waals surface area contributed by atoms with Crippen molar-refractivity contribution in [1.29, 1.82) is 0 Å². The molecule has 0 N–H and O–H groups in total. The Bertz CT molecular complexity index is 99.4. The highest BCUT2D eigenvalue weighted by atomic mass is 35.5. The standard InChI is InChI=1S/C8H17ClSi/c1-4-5-6-7-10(2,3)8-9/h4H,1,5-8H2,2-3H3. The van der Waals surface area contributed by atoms with Gasteiger partial charge in [0.05, 0.1) is 8.07 Å². The van der Waals surface area contributed by atoms with E-state index in [0.29, 0.717) is 0 Å². The van der Waals surface area contributed by atoms with Crippen LogP contribution in [-0.4, -0.2) is 13.6 Å². The van der Waals surface area contributed by atoms with E-state index >= 15 is 0 Å². The van der Waals surface area contributed by atoms with E-state index in [1.165, 1.54) is 12.5 Å². The average molecular weight is 177 g/mol. The molecule has 0 aliphatic heterocycles. The van der Waals surface area contributed by atoms with Gasteiger partial charge in [-0.1, -0.05) is 31.6 Å². The minimum atomic E-state index is -0.997. The van der Waals surface area contributed by atoms with Gasteiger partial charge in [0, 0.05) is 5.50 Å². The van der Waals surface area contributed by atoms with Gasteiger partial charge in [-0.15, -0.1) is 18.2 Å². The van der Waals surface area contributed by atoms with Gasteiger partial charge in [0.15, 0.2) is 0 Å². The summed E-state index contributed by atoms with van der Waals surface area (Å²) in [5.74, 6) is 0. The minimum Gasteiger partial charge on any atom is -0.130 e. The first-order valence-electron chi connectivity index (χ1n) is 3.79. The number of unbranched alkanes of at least 4 members (excludes halogenated alkanes) is 1. The number of hydrogen-bond donors (Lipinski definition) is 0. The van der Waals surface area contributed by atoms with E-state index in [4.69, 9.17) is 11.6 Å². The maximum Gasteiger partial charge on any atom is 0.0640 e. The van der Waals surface area contributed by atoms with Gasteiger partial charge in [-0.3, -0.25) is 0 Å². The molecule has 0 aromatic carbocycles. The molecule has 0 aliphatic rings. The monoisotopic (exact) mass is 176 g/mol. The van der Waals surface area contributed by atoms with Crippen molar-refractivity contribution in [1.82, 2.24) is 0 Å². The van der Waals surface area contributed by atoms with E-state index < -0.39 is 8.07 Å². The first-order valence-corrected chi connectivity index (χ1v) is 7.74. The third kappa shape index (κ3) is 5.07. The lowest BCUT2D eigenvalue weighted by Gasteiger charge is -2.17. The third-order valence-electron chi connectivity index (χ3n) is 1.62. The van der Waals surface area contributed by atoms with E-state index in [1.807, 2.05) is 6.08 Å². The van der Waals surface area contributed by atoms with Crippen molar-refractivity contribution in [2.45, 2.75) is 32.0 Å². The van der Waals surface area contributed by atoms with Gasteiger partial charge in [-0.05, 0) is 6.42 Å². The molecular formula is C8H17ClSi. The number of rotatable bonds is 5. The highest BCUT2D eigenvalue weighted by molar-refractivity contribution is 6.83. The highest BCUT2D eigenvalue weighted by Gasteiger charge is 2.17. The van der Waals surface area contributed by atoms with Gasteiger partial charge in [0.1, 0.15) is 0 Å². The molecule has 0 spiro atoms. The predicted molar refractivity (Wildman–Crippen MR) is 52.4 cm³/mol. The van der Waals surface area contributed by atoms with Crippen molar-refractivity contribution in [3.05, 3.63) is 12.7 Å². The lowest BCUT2D eigenvalue weighted by molar-refractivity contribution is 0.935. The van der Waals surface area contributed by atoms with E-state index in [2.05, 4.69) is 19.7 Å². The van der Waals surface area contributed by atoms with E-state index in [1.54, 1.807) is 0 Å². The third-order valence-corrected chi connectivity index (χ3v) is 6.22. The number of halogens is 1. The van der Waals surface area contributed by atoms with Crippen LogP contribution in [0, 0.1) is 0 Å². The summed E-state index contributed by atoms with van der Waals surface area (Å²) in [6.45, 7) is 8.36. The van der Waals surface area contributed by atoms with Gasteiger partial charge in [0.25, 0.3) is 0 Å². The maximum atomic E-state index is 5.81. The van der Waals surface area contributed by atoms with Crippen LogP contribution in [0.25, 0.3) is 0 Å². The molecule has 2 heteroatoms. The zero-order valence-corrected chi connectivity index (χ0v) is 8.75. The van der Waals surface area contributed by atoms with Crippen molar-refractivity contribution >= 4 is 19.7 Å². The molecule has 0 atom stereocenters. The van der Waals surface area contributed by atoms with Crippen molar-refractivity contribution in [2.24, 2.45) is 0 Å². The zero-order chi connectivity index (χ0) is 8.04. The summed E-state index contributed by atoms with van der Waals surface area (Å²) >= 11 is 5.81. The second-order valence-electron chi connectivity index (χ2n) is 3.48. The maximum absolute atomic E-state index is 5.81. The first kappa shape index (κ1) is 10.2. The zero-order valence-electron chi connectivity index (χ0n) is 6.99. The van der Waals surface area contributed by atoms with Crippen LogP contribution in [0.3, 0.4) is 0 Å². The predicted octanol–water partition coefficient (Wildman–Crippen LogP) is 3.44. The molecule has 0 aliphatic carbocycles. The second kappa shape index (κ2) is 4.97. The van der Waals surface area contributed by atoms with Gasteiger partial charge in [-0.25, -0.2) is 0 Å². The van der Waals surface area contributed by atoms with Gasteiger partial charge >= 0.3 is 0 Å². The second-order valence-corrected chi connectivity index (χ2v) is 9.38. The summed E-state index contributed by atoms with van der Waals surface area (Å²) in [5, 5.41) is 0. The van der Waals surface area contributed by atoms with Crippen LogP contribution in [-0.2, 0) is 0 Å². The molecule has 0 saturated carbocycles. The molecule has 0 unspecified atom stereocenters. The largest absolute Gasteiger partial charge is 0.130 e. The highest BCUT2D eigenvalue weighted by Crippen LogP contribution is 2.14. The Morgan fingerprint density at radius 2 is 2.10 bits per heavy atom. The summed E-state index contributed by atoms with van der Waals surface area (Å²) in [7, 11) is -0.997. The lowest BCUT2D eigenvalue weighted by Crippen LogP contribution is -2.27. The minimum absolute atomic E-state index is 0.893. The molecule has 0 radical (unpaired) electrons. The SMILES string of the molecule is C=CCCC[Si](C)(C)CCl. The molecule has 0 nitrogen and oxygen atoms in total. The topological polar surface area (TPSA) is 0 Å². The molecule has 0 saturated heterocycles. The number of allylic oxidation sites excluding steroid dienone is 1. The molecule has 0 aromatic rings. The average Bonchev–Trinajstić information content (AvgIpc) is 1.89. The van der Waals surface area contributed by atoms with Crippen molar-refractivity contribution in [3.8, 4) is 0 Å². The Hall–Kier alpha value is 0.247. The van der Waals surface area contributed by atoms with Gasteiger partial charge in [0.2, 0.25) is 0 Å². The first-order chi connectivity index (χ1) is 4.62. The van der Waals surface area contributed by atoms with E-state index in [0.717, 1.165) is 11.9 Å². The van der Waals surface area contributed by atoms with Crippen LogP contribution in [0.4, 0.5) is 0 Å². The Morgan fingerprint density at radius 1 is 1.50 bits per heavy atom. The molecule has 60 valence electrons. The fraction of sp³-hybridized carbons (Fsp3) is 0.750. The van der Waals surface area contributed by atoms with E-state index in [-0.39, 0.29) is 0 Å². The summed E-state index contributed by atoms with van der Waals surface area (Å²) < 4.78 is 0. The molecule has 0 fully saturated rings. The smallest absolute Gasteiger partial charge is 0.0640 e. The Kier molecular flexibility index (Phi) is 5.09. The van der Waals surface area contributed by atoms with Crippen LogP contribution in [0.1, 0.15) is 12.8 Å². The van der Waals surface area contributed by atoms with Crippen LogP contribution >= 0.6 is 11.6 Å². The van der Waals surface area contributed by atoms with Crippen LogP contribution in [0.2, 0.25) is 19.1 Å². The van der Waals surface area contributed by atoms with Crippen molar-refractivity contribution in [2.75, 3.05) is 5.50 Å². The van der Waals surface area contributed by atoms with Gasteiger partial charge in [-0.2, -0.15) is 0 Å². The molecule has 0 heterocycles. The lowest BCUT2D eigenvalue weighted by atomic mass is 10.3. The van der Waals surface area contributed by atoms with Gasteiger partial charge < -0.3 is 0 Å². The quantitative estimate of drug-likeness (QED) is 0.261. The molecular weight excluding hydrogens is 160 g/mol. The summed E-state index contributed by atoms with van der Waals surface area (Å²) in [6.07, 6.45) is 4.40. The molecule has 10 heavy (non-hydrogen) atoms. The van der Waals surface area contributed by atoms with E-state index in [9.17, 15) is 0 Å². The number of alkyl halides is 1.